The minimum atomic E-state index is -0.797. The van der Waals surface area contributed by atoms with Crippen molar-refractivity contribution in [3.05, 3.63) is 0 Å². The van der Waals surface area contributed by atoms with Gasteiger partial charge in [0.2, 0.25) is 0 Å². The molecule has 0 bridgehead atoms. The monoisotopic (exact) mass is 314 g/mol. The summed E-state index contributed by atoms with van der Waals surface area (Å²) in [7, 11) is 0. The summed E-state index contributed by atoms with van der Waals surface area (Å²) in [6.45, 7) is 5.73. The first-order valence-electron chi connectivity index (χ1n) is 4.34. The normalized spacial score (nSPS) is 20.4. The van der Waals surface area contributed by atoms with Gasteiger partial charge in [-0.15, -0.1) is 0 Å². The maximum absolute atomic E-state index is 10.8. The average Bonchev–Trinajstić information content (AvgIpc) is 1.99. The van der Waals surface area contributed by atoms with Crippen molar-refractivity contribution in [2.24, 2.45) is 5.92 Å². The van der Waals surface area contributed by atoms with Gasteiger partial charge in [-0.1, -0.05) is 45.7 Å². The molecule has 0 heterocycles. The lowest BCUT2D eigenvalue weighted by atomic mass is 9.91. The predicted octanol–water partition coefficient (Wildman–Crippen LogP) is 3.42. The summed E-state index contributed by atoms with van der Waals surface area (Å²) in [5.41, 5.74) is 0. The van der Waals surface area contributed by atoms with Crippen LogP contribution in [0, 0.1) is 5.92 Å². The molecule has 13 heavy (non-hydrogen) atoms. The molecule has 2 nitrogen and oxygen atoms in total. The average molecular weight is 316 g/mol. The van der Waals surface area contributed by atoms with Gasteiger partial charge in [-0.2, -0.15) is 0 Å². The van der Waals surface area contributed by atoms with E-state index in [4.69, 9.17) is 5.11 Å². The second kappa shape index (κ2) is 5.35. The van der Waals surface area contributed by atoms with Gasteiger partial charge in [0.1, 0.15) is 4.32 Å². The molecule has 0 spiro atoms. The highest BCUT2D eigenvalue weighted by Gasteiger charge is 2.35. The molecule has 0 aliphatic rings. The van der Waals surface area contributed by atoms with Crippen molar-refractivity contribution < 1.29 is 9.90 Å². The molecule has 0 aromatic carbocycles. The van der Waals surface area contributed by atoms with Crippen LogP contribution >= 0.6 is 31.9 Å². The molecule has 0 rings (SSSR count). The maximum atomic E-state index is 10.8. The van der Waals surface area contributed by atoms with Gasteiger partial charge in [0, 0.05) is 4.83 Å². The van der Waals surface area contributed by atoms with Crippen molar-refractivity contribution in [3.63, 3.8) is 0 Å². The molecule has 3 atom stereocenters. The van der Waals surface area contributed by atoms with Crippen LogP contribution < -0.4 is 0 Å². The van der Waals surface area contributed by atoms with Gasteiger partial charge in [0.15, 0.2) is 0 Å². The van der Waals surface area contributed by atoms with Crippen LogP contribution in [0.1, 0.15) is 33.6 Å². The molecular weight excluding hydrogens is 300 g/mol. The molecule has 0 amide bonds. The van der Waals surface area contributed by atoms with Crippen molar-refractivity contribution in [3.8, 4) is 0 Å². The first-order valence-corrected chi connectivity index (χ1v) is 6.05. The summed E-state index contributed by atoms with van der Waals surface area (Å²) in [6.07, 6.45) is 1.90. The Morgan fingerprint density at radius 3 is 2.23 bits per heavy atom. The van der Waals surface area contributed by atoms with E-state index in [-0.39, 0.29) is 5.92 Å². The molecule has 0 saturated heterocycles. The fourth-order valence-corrected chi connectivity index (χ4v) is 1.45. The van der Waals surface area contributed by atoms with Crippen LogP contribution in [0.2, 0.25) is 0 Å². The lowest BCUT2D eigenvalue weighted by molar-refractivity contribution is -0.140. The summed E-state index contributed by atoms with van der Waals surface area (Å²) in [6, 6.07) is 0. The molecular formula is C9H16Br2O2. The minimum absolute atomic E-state index is 0.130. The van der Waals surface area contributed by atoms with E-state index in [9.17, 15) is 4.79 Å². The van der Waals surface area contributed by atoms with E-state index in [0.717, 1.165) is 12.8 Å². The number of hydrogen-bond acceptors (Lipinski definition) is 1. The van der Waals surface area contributed by atoms with Gasteiger partial charge in [-0.3, -0.25) is 4.79 Å². The van der Waals surface area contributed by atoms with Crippen LogP contribution in [0.5, 0.6) is 0 Å². The molecule has 0 saturated carbocycles. The van der Waals surface area contributed by atoms with Crippen molar-refractivity contribution in [2.75, 3.05) is 0 Å². The third-order valence-corrected chi connectivity index (χ3v) is 3.92. The van der Waals surface area contributed by atoms with E-state index in [1.54, 1.807) is 6.92 Å². The van der Waals surface area contributed by atoms with E-state index in [1.165, 1.54) is 0 Å². The van der Waals surface area contributed by atoms with Gasteiger partial charge >= 0.3 is 5.97 Å². The second-order valence-electron chi connectivity index (χ2n) is 3.64. The van der Waals surface area contributed by atoms with Crippen LogP contribution in [-0.2, 0) is 4.79 Å². The Labute approximate surface area is 96.3 Å². The Morgan fingerprint density at radius 2 is 1.92 bits per heavy atom. The summed E-state index contributed by atoms with van der Waals surface area (Å²) in [5, 5.41) is 8.92. The third kappa shape index (κ3) is 4.45. The molecule has 0 radical (unpaired) electrons. The highest BCUT2D eigenvalue weighted by Crippen LogP contribution is 2.31. The Kier molecular flexibility index (Phi) is 5.52. The van der Waals surface area contributed by atoms with Crippen LogP contribution in [0.15, 0.2) is 0 Å². The highest BCUT2D eigenvalue weighted by atomic mass is 79.9. The Hall–Kier alpha value is 0.430. The van der Waals surface area contributed by atoms with Crippen molar-refractivity contribution in [1.82, 2.24) is 0 Å². The molecule has 0 aliphatic carbocycles. The van der Waals surface area contributed by atoms with Crippen molar-refractivity contribution >= 4 is 37.8 Å². The first-order chi connectivity index (χ1) is 5.78. The SMILES string of the molecule is CC(Br)CCC(C)C(C)(Br)C(=O)O. The second-order valence-corrected chi connectivity index (χ2v) is 6.85. The van der Waals surface area contributed by atoms with E-state index in [1.807, 2.05) is 6.92 Å². The number of carboxylic acids is 1. The molecule has 78 valence electrons. The Bertz CT molecular complexity index is 178. The van der Waals surface area contributed by atoms with Gasteiger partial charge in [-0.05, 0) is 25.7 Å². The molecule has 3 unspecified atom stereocenters. The number of carboxylic acid groups (broad SMARTS) is 1. The quantitative estimate of drug-likeness (QED) is 0.789. The zero-order valence-corrected chi connectivity index (χ0v) is 11.4. The number of alkyl halides is 2. The minimum Gasteiger partial charge on any atom is -0.480 e. The number of aliphatic carboxylic acids is 1. The zero-order valence-electron chi connectivity index (χ0n) is 8.18. The summed E-state index contributed by atoms with van der Waals surface area (Å²) >= 11 is 6.69. The zero-order chi connectivity index (χ0) is 10.6. The van der Waals surface area contributed by atoms with Crippen LogP contribution in [0.25, 0.3) is 0 Å². The Morgan fingerprint density at radius 1 is 1.46 bits per heavy atom. The summed E-state index contributed by atoms with van der Waals surface area (Å²) < 4.78 is -0.797. The van der Waals surface area contributed by atoms with Gasteiger partial charge in [0.25, 0.3) is 0 Å². The molecule has 4 heteroatoms. The highest BCUT2D eigenvalue weighted by molar-refractivity contribution is 9.10. The van der Waals surface area contributed by atoms with Gasteiger partial charge in [-0.25, -0.2) is 0 Å². The maximum Gasteiger partial charge on any atom is 0.320 e. The van der Waals surface area contributed by atoms with E-state index < -0.39 is 10.3 Å². The topological polar surface area (TPSA) is 37.3 Å². The standard InChI is InChI=1S/C9H16Br2O2/c1-6(4-5-7(2)10)9(3,11)8(12)13/h6-7H,4-5H2,1-3H3,(H,12,13). The predicted molar refractivity (Wildman–Crippen MR) is 61.8 cm³/mol. The summed E-state index contributed by atoms with van der Waals surface area (Å²) in [5.74, 6) is -0.660. The number of carbonyl (C=O) groups is 1. The first kappa shape index (κ1) is 13.4. The number of hydrogen-bond donors (Lipinski definition) is 1. The van der Waals surface area contributed by atoms with Gasteiger partial charge in [0.05, 0.1) is 0 Å². The van der Waals surface area contributed by atoms with E-state index in [2.05, 4.69) is 38.8 Å². The number of rotatable bonds is 5. The van der Waals surface area contributed by atoms with Crippen LogP contribution in [0.3, 0.4) is 0 Å². The molecule has 0 aliphatic heterocycles. The fraction of sp³-hybridized carbons (Fsp3) is 0.889. The Balaban J connectivity index is 4.09. The van der Waals surface area contributed by atoms with E-state index in [0.29, 0.717) is 4.83 Å². The van der Waals surface area contributed by atoms with Crippen molar-refractivity contribution in [1.29, 1.82) is 0 Å². The molecule has 1 N–H and O–H groups in total. The molecule has 0 aromatic rings. The largest absolute Gasteiger partial charge is 0.480 e. The summed E-state index contributed by atoms with van der Waals surface area (Å²) in [4.78, 5) is 11.3. The van der Waals surface area contributed by atoms with E-state index >= 15 is 0 Å². The third-order valence-electron chi connectivity index (χ3n) is 2.34. The fourth-order valence-electron chi connectivity index (χ4n) is 0.962. The molecule has 0 aromatic heterocycles. The lowest BCUT2D eigenvalue weighted by Gasteiger charge is -2.25. The molecule has 0 fully saturated rings. The van der Waals surface area contributed by atoms with Crippen molar-refractivity contribution in [2.45, 2.75) is 42.8 Å². The van der Waals surface area contributed by atoms with Crippen LogP contribution in [-0.4, -0.2) is 20.2 Å². The lowest BCUT2D eigenvalue weighted by Crippen LogP contribution is -2.35. The smallest absolute Gasteiger partial charge is 0.320 e. The van der Waals surface area contributed by atoms with Crippen LogP contribution in [0.4, 0.5) is 0 Å². The van der Waals surface area contributed by atoms with Gasteiger partial charge < -0.3 is 5.11 Å². The number of halogens is 2.